The van der Waals surface area contributed by atoms with E-state index >= 15 is 0 Å². The van der Waals surface area contributed by atoms with E-state index in [1.165, 1.54) is 12.1 Å². The molecule has 0 aliphatic heterocycles. The van der Waals surface area contributed by atoms with Gasteiger partial charge in [-0.05, 0) is 25.1 Å². The van der Waals surface area contributed by atoms with Crippen molar-refractivity contribution in [3.63, 3.8) is 0 Å². The molecule has 0 aliphatic carbocycles. The zero-order chi connectivity index (χ0) is 25.2. The van der Waals surface area contributed by atoms with Crippen LogP contribution >= 0.6 is 0 Å². The molecule has 0 fully saturated rings. The Kier molecular flexibility index (Phi) is 6.72. The number of benzene rings is 3. The van der Waals surface area contributed by atoms with Crippen molar-refractivity contribution in [2.24, 2.45) is 0 Å². The molecule has 4 rings (SSSR count). The Balaban J connectivity index is 2.08. The summed E-state index contributed by atoms with van der Waals surface area (Å²) in [5.74, 6) is -1.71. The molecule has 4 aromatic rings. The highest BCUT2D eigenvalue weighted by atomic mass is 32.2. The lowest BCUT2D eigenvalue weighted by Gasteiger charge is -2.13. The highest BCUT2D eigenvalue weighted by Gasteiger charge is 2.30. The van der Waals surface area contributed by atoms with E-state index < -0.39 is 27.6 Å². The molecule has 0 radical (unpaired) electrons. The van der Waals surface area contributed by atoms with Crippen molar-refractivity contribution in [2.75, 3.05) is 13.2 Å². The fraction of sp³-hybridized carbons (Fsp3) is 0.154. The second-order valence-corrected chi connectivity index (χ2v) is 9.39. The quantitative estimate of drug-likeness (QED) is 0.360. The molecule has 0 aliphatic rings. The Hall–Kier alpha value is -3.95. The number of aromatic nitrogens is 1. The minimum atomic E-state index is -4.00. The van der Waals surface area contributed by atoms with Crippen LogP contribution in [0, 0.1) is 0 Å². The molecule has 1 aromatic heterocycles. The van der Waals surface area contributed by atoms with Crippen molar-refractivity contribution >= 4 is 32.6 Å². The van der Waals surface area contributed by atoms with Gasteiger partial charge in [-0.3, -0.25) is 9.59 Å². The standard InChI is InChI=1S/C26H24N2O6S/c1-3-27-35(32,33)22-15-19-20(16-21(22)34-4-2)28(25(30)18-13-9-6-10-14-18)26(31)23(19)24(29)17-11-7-5-8-12-17/h5-16,27,31H,3-4H2,1-2H3. The predicted octanol–water partition coefficient (Wildman–Crippen LogP) is 3.96. The van der Waals surface area contributed by atoms with Gasteiger partial charge in [-0.1, -0.05) is 55.5 Å². The van der Waals surface area contributed by atoms with Gasteiger partial charge in [-0.2, -0.15) is 0 Å². The SMILES string of the molecule is CCNS(=O)(=O)c1cc2c(C(=O)c3ccccc3)c(O)n(C(=O)c3ccccc3)c2cc1OCC. The number of carbonyl (C=O) groups excluding carboxylic acids is 2. The summed E-state index contributed by atoms with van der Waals surface area (Å²) < 4.78 is 34.9. The predicted molar refractivity (Wildman–Crippen MR) is 132 cm³/mol. The van der Waals surface area contributed by atoms with Crippen LogP contribution in [0.4, 0.5) is 0 Å². The molecule has 1 heterocycles. The van der Waals surface area contributed by atoms with Crippen LogP contribution in [0.2, 0.25) is 0 Å². The number of aromatic hydroxyl groups is 1. The molecule has 9 heteroatoms. The molecule has 0 bridgehead atoms. The van der Waals surface area contributed by atoms with E-state index in [0.29, 0.717) is 0 Å². The lowest BCUT2D eigenvalue weighted by atomic mass is 10.0. The van der Waals surface area contributed by atoms with Gasteiger partial charge in [0.25, 0.3) is 5.91 Å². The first-order chi connectivity index (χ1) is 16.8. The number of nitrogens with zero attached hydrogens (tertiary/aromatic N) is 1. The van der Waals surface area contributed by atoms with E-state index in [4.69, 9.17) is 4.74 Å². The average molecular weight is 493 g/mol. The molecule has 0 amide bonds. The summed E-state index contributed by atoms with van der Waals surface area (Å²) in [5, 5.41) is 11.3. The largest absolute Gasteiger partial charge is 0.494 e. The van der Waals surface area contributed by atoms with Crippen molar-refractivity contribution in [3.8, 4) is 11.6 Å². The van der Waals surface area contributed by atoms with Crippen LogP contribution in [0.5, 0.6) is 11.6 Å². The molecule has 3 aromatic carbocycles. The van der Waals surface area contributed by atoms with Crippen molar-refractivity contribution in [2.45, 2.75) is 18.7 Å². The number of ketones is 1. The maximum atomic E-state index is 13.5. The molecule has 8 nitrogen and oxygen atoms in total. The Morgan fingerprint density at radius 3 is 2.11 bits per heavy atom. The third-order valence-corrected chi connectivity index (χ3v) is 6.99. The molecule has 35 heavy (non-hydrogen) atoms. The van der Waals surface area contributed by atoms with Crippen molar-refractivity contribution in [1.82, 2.24) is 9.29 Å². The van der Waals surface area contributed by atoms with Crippen LogP contribution in [0.15, 0.2) is 77.7 Å². The summed E-state index contributed by atoms with van der Waals surface area (Å²) in [6.07, 6.45) is 0. The van der Waals surface area contributed by atoms with E-state index in [1.807, 2.05) is 0 Å². The summed E-state index contributed by atoms with van der Waals surface area (Å²) >= 11 is 0. The molecule has 0 saturated carbocycles. The highest BCUT2D eigenvalue weighted by Crippen LogP contribution is 2.39. The van der Waals surface area contributed by atoms with Gasteiger partial charge in [0.05, 0.1) is 17.7 Å². The fourth-order valence-electron chi connectivity index (χ4n) is 3.90. The van der Waals surface area contributed by atoms with E-state index in [2.05, 4.69) is 4.72 Å². The van der Waals surface area contributed by atoms with Gasteiger partial charge < -0.3 is 9.84 Å². The molecular weight excluding hydrogens is 468 g/mol. The summed E-state index contributed by atoms with van der Waals surface area (Å²) in [4.78, 5) is 26.7. The summed E-state index contributed by atoms with van der Waals surface area (Å²) in [6, 6.07) is 19.2. The van der Waals surface area contributed by atoms with Crippen LogP contribution < -0.4 is 9.46 Å². The summed E-state index contributed by atoms with van der Waals surface area (Å²) in [7, 11) is -4.00. The van der Waals surface area contributed by atoms with Crippen LogP contribution in [0.3, 0.4) is 0 Å². The Bertz CT molecular complexity index is 1510. The number of rotatable bonds is 8. The Morgan fingerprint density at radius 2 is 1.54 bits per heavy atom. The zero-order valence-electron chi connectivity index (χ0n) is 19.2. The fourth-order valence-corrected chi connectivity index (χ4v) is 5.09. The molecular formula is C26H24N2O6S. The third kappa shape index (κ3) is 4.43. The molecule has 2 N–H and O–H groups in total. The van der Waals surface area contributed by atoms with Crippen molar-refractivity contribution in [3.05, 3.63) is 89.5 Å². The van der Waals surface area contributed by atoms with Gasteiger partial charge in [-0.25, -0.2) is 17.7 Å². The van der Waals surface area contributed by atoms with Gasteiger partial charge >= 0.3 is 0 Å². The lowest BCUT2D eigenvalue weighted by molar-refractivity contribution is 0.0956. The van der Waals surface area contributed by atoms with Crippen molar-refractivity contribution in [1.29, 1.82) is 0 Å². The number of carbonyl (C=O) groups is 2. The van der Waals surface area contributed by atoms with Gasteiger partial charge in [0.15, 0.2) is 5.78 Å². The highest BCUT2D eigenvalue weighted by molar-refractivity contribution is 7.89. The lowest BCUT2D eigenvalue weighted by Crippen LogP contribution is -2.24. The zero-order valence-corrected chi connectivity index (χ0v) is 20.0. The monoisotopic (exact) mass is 492 g/mol. The van der Waals surface area contributed by atoms with Gasteiger partial charge in [0.2, 0.25) is 15.9 Å². The van der Waals surface area contributed by atoms with Gasteiger partial charge in [0, 0.05) is 29.1 Å². The van der Waals surface area contributed by atoms with Crippen LogP contribution in [0.25, 0.3) is 10.9 Å². The number of nitrogens with one attached hydrogen (secondary N) is 1. The normalized spacial score (nSPS) is 11.5. The smallest absolute Gasteiger partial charge is 0.265 e. The number of hydrogen-bond acceptors (Lipinski definition) is 6. The molecule has 0 atom stereocenters. The molecule has 0 saturated heterocycles. The van der Waals surface area contributed by atoms with Gasteiger partial charge in [-0.15, -0.1) is 0 Å². The Labute approximate surface area is 202 Å². The van der Waals surface area contributed by atoms with E-state index in [-0.39, 0.29) is 51.4 Å². The summed E-state index contributed by atoms with van der Waals surface area (Å²) in [5.41, 5.74) is 0.528. The van der Waals surface area contributed by atoms with Crippen molar-refractivity contribution < 1.29 is 27.9 Å². The number of sulfonamides is 1. The van der Waals surface area contributed by atoms with Crippen LogP contribution in [0.1, 0.15) is 40.1 Å². The number of fused-ring (bicyclic) bond motifs is 1. The second-order valence-electron chi connectivity index (χ2n) is 7.65. The van der Waals surface area contributed by atoms with Crippen LogP contribution in [-0.4, -0.2) is 42.9 Å². The first kappa shape index (κ1) is 24.2. The first-order valence-electron chi connectivity index (χ1n) is 11.0. The maximum absolute atomic E-state index is 13.5. The minimum Gasteiger partial charge on any atom is -0.494 e. The summed E-state index contributed by atoms with van der Waals surface area (Å²) in [6.45, 7) is 3.64. The van der Waals surface area contributed by atoms with E-state index in [9.17, 15) is 23.1 Å². The van der Waals surface area contributed by atoms with E-state index in [1.54, 1.807) is 74.5 Å². The number of hydrogen-bond donors (Lipinski definition) is 2. The molecule has 0 spiro atoms. The third-order valence-electron chi connectivity index (χ3n) is 5.42. The second kappa shape index (κ2) is 9.73. The van der Waals surface area contributed by atoms with E-state index in [0.717, 1.165) is 4.57 Å². The van der Waals surface area contributed by atoms with Gasteiger partial charge in [0.1, 0.15) is 10.6 Å². The Morgan fingerprint density at radius 1 is 0.943 bits per heavy atom. The maximum Gasteiger partial charge on any atom is 0.265 e. The topological polar surface area (TPSA) is 115 Å². The average Bonchev–Trinajstić information content (AvgIpc) is 3.14. The minimum absolute atomic E-state index is 0.000674. The number of ether oxygens (including phenoxy) is 1. The molecule has 180 valence electrons. The van der Waals surface area contributed by atoms with Crippen LogP contribution in [-0.2, 0) is 10.0 Å². The molecule has 0 unspecified atom stereocenters. The first-order valence-corrected chi connectivity index (χ1v) is 12.5.